The molecule has 0 bridgehead atoms. The van der Waals surface area contributed by atoms with Gasteiger partial charge in [-0.1, -0.05) is 0 Å². The van der Waals surface area contributed by atoms with Crippen molar-refractivity contribution >= 4 is 22.9 Å². The van der Waals surface area contributed by atoms with E-state index in [1.165, 1.54) is 0 Å². The normalized spacial score (nSPS) is 15.8. The lowest BCUT2D eigenvalue weighted by atomic mass is 9.96. The third-order valence-electron chi connectivity index (χ3n) is 4.70. The average Bonchev–Trinajstić information content (AvgIpc) is 3.37. The largest absolute Gasteiger partial charge is 0.326 e. The number of nitrogens with one attached hydrogen (secondary N) is 1. The van der Waals surface area contributed by atoms with Crippen molar-refractivity contribution in [2.24, 2.45) is 5.92 Å². The molecule has 0 atom stereocenters. The molecule has 134 valence electrons. The van der Waals surface area contributed by atoms with Crippen molar-refractivity contribution in [2.45, 2.75) is 19.4 Å². The monoisotopic (exact) mass is 367 g/mol. The number of aromatic nitrogens is 3. The zero-order chi connectivity index (χ0) is 17.8. The quantitative estimate of drug-likeness (QED) is 0.752. The van der Waals surface area contributed by atoms with Crippen LogP contribution in [-0.4, -0.2) is 38.7 Å². The minimum atomic E-state index is 0.0772. The molecule has 1 saturated heterocycles. The first-order valence-corrected chi connectivity index (χ1v) is 9.67. The van der Waals surface area contributed by atoms with Crippen LogP contribution >= 0.6 is 11.3 Å². The van der Waals surface area contributed by atoms with E-state index in [-0.39, 0.29) is 11.8 Å². The summed E-state index contributed by atoms with van der Waals surface area (Å²) in [5.74, 6) is 0.194. The molecular formula is C19H21N5OS. The van der Waals surface area contributed by atoms with Crippen molar-refractivity contribution in [1.29, 1.82) is 0 Å². The maximum Gasteiger partial charge on any atom is 0.227 e. The molecule has 0 spiro atoms. The number of anilines is 1. The Morgan fingerprint density at radius 3 is 2.65 bits per heavy atom. The molecule has 1 N–H and O–H groups in total. The number of likely N-dealkylation sites (tertiary alicyclic amines) is 1. The Bertz CT molecular complexity index is 821. The van der Waals surface area contributed by atoms with Crippen LogP contribution in [0.2, 0.25) is 0 Å². The topological polar surface area (TPSA) is 63.1 Å². The fraction of sp³-hybridized carbons (Fsp3) is 0.316. The highest BCUT2D eigenvalue weighted by atomic mass is 32.1. The number of hydrogen-bond acceptors (Lipinski definition) is 5. The minimum Gasteiger partial charge on any atom is -0.326 e. The Morgan fingerprint density at radius 2 is 2.00 bits per heavy atom. The summed E-state index contributed by atoms with van der Waals surface area (Å²) in [6.45, 7) is 2.77. The van der Waals surface area contributed by atoms with Gasteiger partial charge in [-0.05, 0) is 56.3 Å². The van der Waals surface area contributed by atoms with E-state index in [1.807, 2.05) is 48.1 Å². The molecule has 4 rings (SSSR count). The summed E-state index contributed by atoms with van der Waals surface area (Å²) in [6, 6.07) is 9.65. The highest BCUT2D eigenvalue weighted by molar-refractivity contribution is 7.09. The van der Waals surface area contributed by atoms with Gasteiger partial charge in [-0.3, -0.25) is 9.69 Å². The lowest BCUT2D eigenvalue weighted by Crippen LogP contribution is -2.37. The highest BCUT2D eigenvalue weighted by Gasteiger charge is 2.25. The van der Waals surface area contributed by atoms with E-state index in [1.54, 1.807) is 22.2 Å². The van der Waals surface area contributed by atoms with Crippen LogP contribution in [0, 0.1) is 5.92 Å². The smallest absolute Gasteiger partial charge is 0.227 e. The van der Waals surface area contributed by atoms with Gasteiger partial charge in [0.15, 0.2) is 0 Å². The zero-order valence-electron chi connectivity index (χ0n) is 14.4. The molecule has 3 heterocycles. The van der Waals surface area contributed by atoms with Crippen molar-refractivity contribution in [3.63, 3.8) is 0 Å². The van der Waals surface area contributed by atoms with Crippen LogP contribution in [0.1, 0.15) is 17.8 Å². The molecule has 1 aliphatic heterocycles. The fourth-order valence-electron chi connectivity index (χ4n) is 3.24. The molecule has 1 aliphatic rings. The molecule has 0 radical (unpaired) electrons. The van der Waals surface area contributed by atoms with Crippen LogP contribution in [0.25, 0.3) is 5.69 Å². The van der Waals surface area contributed by atoms with Gasteiger partial charge in [0.05, 0.1) is 12.2 Å². The lowest BCUT2D eigenvalue weighted by molar-refractivity contribution is -0.121. The summed E-state index contributed by atoms with van der Waals surface area (Å²) in [6.07, 6.45) is 7.27. The van der Waals surface area contributed by atoms with Crippen molar-refractivity contribution in [1.82, 2.24) is 19.7 Å². The van der Waals surface area contributed by atoms with Crippen LogP contribution in [0.3, 0.4) is 0 Å². The number of thiazole rings is 1. The standard InChI is InChI=1S/C19H21N5OS/c25-19(15-6-11-23(12-7-15)14-18-20-9-13-26-18)22-16-2-4-17(5-3-16)24-10-1-8-21-24/h1-5,8-10,13,15H,6-7,11-12,14H2,(H,22,25). The van der Waals surface area contributed by atoms with Crippen LogP contribution in [0.15, 0.2) is 54.3 Å². The first-order chi connectivity index (χ1) is 12.8. The van der Waals surface area contributed by atoms with Crippen molar-refractivity contribution < 1.29 is 4.79 Å². The highest BCUT2D eigenvalue weighted by Crippen LogP contribution is 2.22. The maximum absolute atomic E-state index is 12.5. The Balaban J connectivity index is 1.28. The molecule has 1 fully saturated rings. The number of nitrogens with zero attached hydrogens (tertiary/aromatic N) is 4. The number of piperidine rings is 1. The van der Waals surface area contributed by atoms with E-state index in [4.69, 9.17) is 0 Å². The Hall–Kier alpha value is -2.51. The number of carbonyl (C=O) groups excluding carboxylic acids is 1. The number of carbonyl (C=O) groups is 1. The number of hydrogen-bond donors (Lipinski definition) is 1. The van der Waals surface area contributed by atoms with E-state index in [0.29, 0.717) is 0 Å². The first kappa shape index (κ1) is 16.9. The van der Waals surface area contributed by atoms with Crippen LogP contribution in [0.4, 0.5) is 5.69 Å². The van der Waals surface area contributed by atoms with Crippen molar-refractivity contribution in [3.8, 4) is 5.69 Å². The molecule has 0 unspecified atom stereocenters. The van der Waals surface area contributed by atoms with Crippen LogP contribution < -0.4 is 5.32 Å². The second kappa shape index (κ2) is 7.80. The molecule has 26 heavy (non-hydrogen) atoms. The van der Waals surface area contributed by atoms with E-state index in [9.17, 15) is 4.79 Å². The van der Waals surface area contributed by atoms with Crippen molar-refractivity contribution in [2.75, 3.05) is 18.4 Å². The third-order valence-corrected chi connectivity index (χ3v) is 5.47. The summed E-state index contributed by atoms with van der Waals surface area (Å²) in [4.78, 5) is 19.3. The molecule has 7 heteroatoms. The summed E-state index contributed by atoms with van der Waals surface area (Å²) in [7, 11) is 0. The molecule has 2 aromatic heterocycles. The predicted octanol–water partition coefficient (Wildman–Crippen LogP) is 3.18. The lowest BCUT2D eigenvalue weighted by Gasteiger charge is -2.30. The number of rotatable bonds is 5. The second-order valence-electron chi connectivity index (χ2n) is 6.46. The van der Waals surface area contributed by atoms with E-state index < -0.39 is 0 Å². The zero-order valence-corrected chi connectivity index (χ0v) is 15.2. The molecule has 0 aliphatic carbocycles. The van der Waals surface area contributed by atoms with Crippen LogP contribution in [0.5, 0.6) is 0 Å². The van der Waals surface area contributed by atoms with Gasteiger partial charge in [-0.25, -0.2) is 9.67 Å². The Labute approximate surface area is 156 Å². The Kier molecular flexibility index (Phi) is 5.08. The number of amides is 1. The summed E-state index contributed by atoms with van der Waals surface area (Å²) < 4.78 is 1.80. The van der Waals surface area contributed by atoms with Gasteiger partial charge >= 0.3 is 0 Å². The summed E-state index contributed by atoms with van der Waals surface area (Å²) in [5.41, 5.74) is 1.81. The van der Waals surface area contributed by atoms with Gasteiger partial charge in [0, 0.05) is 35.6 Å². The first-order valence-electron chi connectivity index (χ1n) is 8.79. The molecule has 3 aromatic rings. The Morgan fingerprint density at radius 1 is 1.19 bits per heavy atom. The fourth-order valence-corrected chi connectivity index (χ4v) is 3.90. The van der Waals surface area contributed by atoms with E-state index in [2.05, 4.69) is 20.3 Å². The average molecular weight is 367 g/mol. The molecule has 1 aromatic carbocycles. The SMILES string of the molecule is O=C(Nc1ccc(-n2cccn2)cc1)C1CCN(Cc2nccs2)CC1. The molecule has 1 amide bonds. The predicted molar refractivity (Wildman–Crippen MR) is 102 cm³/mol. The third kappa shape index (κ3) is 4.00. The van der Waals surface area contributed by atoms with E-state index >= 15 is 0 Å². The van der Waals surface area contributed by atoms with Gasteiger partial charge < -0.3 is 5.32 Å². The van der Waals surface area contributed by atoms with E-state index in [0.717, 1.165) is 48.9 Å². The van der Waals surface area contributed by atoms with Crippen LogP contribution in [-0.2, 0) is 11.3 Å². The summed E-state index contributed by atoms with van der Waals surface area (Å²) in [5, 5.41) is 10.4. The molecular weight excluding hydrogens is 346 g/mol. The second-order valence-corrected chi connectivity index (χ2v) is 7.44. The molecule has 6 nitrogen and oxygen atoms in total. The number of benzene rings is 1. The van der Waals surface area contributed by atoms with Gasteiger partial charge in [0.1, 0.15) is 5.01 Å². The van der Waals surface area contributed by atoms with Gasteiger partial charge in [0.25, 0.3) is 0 Å². The van der Waals surface area contributed by atoms with Gasteiger partial charge in [-0.2, -0.15) is 5.10 Å². The van der Waals surface area contributed by atoms with Gasteiger partial charge in [-0.15, -0.1) is 11.3 Å². The van der Waals surface area contributed by atoms with Crippen molar-refractivity contribution in [3.05, 3.63) is 59.3 Å². The maximum atomic E-state index is 12.5. The minimum absolute atomic E-state index is 0.0772. The van der Waals surface area contributed by atoms with Gasteiger partial charge in [0.2, 0.25) is 5.91 Å². The summed E-state index contributed by atoms with van der Waals surface area (Å²) >= 11 is 1.69. The molecule has 0 saturated carbocycles.